The van der Waals surface area contributed by atoms with Gasteiger partial charge < -0.3 is 11.5 Å². The zero-order valence-corrected chi connectivity index (χ0v) is 17.7. The highest BCUT2D eigenvalue weighted by Gasteiger charge is 2.61. The summed E-state index contributed by atoms with van der Waals surface area (Å²) in [7, 11) is 0. The maximum atomic E-state index is 14.2. The summed E-state index contributed by atoms with van der Waals surface area (Å²) in [4.78, 5) is 8.83. The number of fused-ring (bicyclic) bond motifs is 1. The number of hydrogen-bond acceptors (Lipinski definition) is 4. The third-order valence-electron chi connectivity index (χ3n) is 7.20. The van der Waals surface area contributed by atoms with Crippen molar-refractivity contribution in [3.63, 3.8) is 0 Å². The largest absolute Gasteiger partial charge is 0.401 e. The molecule has 1 saturated carbocycles. The normalized spacial score (nSPS) is 31.6. The summed E-state index contributed by atoms with van der Waals surface area (Å²) in [6.07, 6.45) is 7.05. The minimum Gasteiger partial charge on any atom is -0.401 e. The quantitative estimate of drug-likeness (QED) is 0.750. The Morgan fingerprint density at radius 2 is 1.87 bits per heavy atom. The number of rotatable bonds is 3. The van der Waals surface area contributed by atoms with Crippen molar-refractivity contribution in [3.8, 4) is 0 Å². The SMILES string of the molecule is Cc1nccc(C2CC3(C)CC3(C)CCC(/C=C(\N)c3c(F)cccc3F)=C\2N)n1. The van der Waals surface area contributed by atoms with Gasteiger partial charge in [0.1, 0.15) is 17.5 Å². The molecule has 4 nitrogen and oxygen atoms in total. The number of aromatic nitrogens is 2. The van der Waals surface area contributed by atoms with Crippen molar-refractivity contribution in [2.45, 2.75) is 52.4 Å². The van der Waals surface area contributed by atoms with Crippen LogP contribution >= 0.6 is 0 Å². The van der Waals surface area contributed by atoms with Crippen molar-refractivity contribution < 1.29 is 8.78 Å². The van der Waals surface area contributed by atoms with Crippen LogP contribution in [0.15, 0.2) is 47.8 Å². The van der Waals surface area contributed by atoms with E-state index in [0.29, 0.717) is 17.9 Å². The highest BCUT2D eigenvalue weighted by Crippen LogP contribution is 2.70. The second kappa shape index (κ2) is 7.18. The second-order valence-corrected chi connectivity index (χ2v) is 9.26. The van der Waals surface area contributed by atoms with Crippen LogP contribution in [-0.4, -0.2) is 9.97 Å². The van der Waals surface area contributed by atoms with Gasteiger partial charge in [0.2, 0.25) is 0 Å². The van der Waals surface area contributed by atoms with Crippen LogP contribution < -0.4 is 11.5 Å². The summed E-state index contributed by atoms with van der Waals surface area (Å²) >= 11 is 0. The fraction of sp³-hybridized carbons (Fsp3) is 0.417. The van der Waals surface area contributed by atoms with Crippen LogP contribution in [0.5, 0.6) is 0 Å². The molecule has 6 heteroatoms. The van der Waals surface area contributed by atoms with Crippen LogP contribution in [0.3, 0.4) is 0 Å². The van der Waals surface area contributed by atoms with Crippen LogP contribution in [0, 0.1) is 29.4 Å². The van der Waals surface area contributed by atoms with Gasteiger partial charge in [-0.25, -0.2) is 18.7 Å². The maximum absolute atomic E-state index is 14.2. The van der Waals surface area contributed by atoms with E-state index < -0.39 is 11.6 Å². The molecular formula is C24H28F2N4. The lowest BCUT2D eigenvalue weighted by Gasteiger charge is -2.29. The molecule has 158 valence electrons. The van der Waals surface area contributed by atoms with Gasteiger partial charge in [-0.2, -0.15) is 0 Å². The summed E-state index contributed by atoms with van der Waals surface area (Å²) in [5, 5.41) is 0. The van der Waals surface area contributed by atoms with Crippen LogP contribution in [0.1, 0.15) is 62.5 Å². The minimum absolute atomic E-state index is 0.0467. The highest BCUT2D eigenvalue weighted by atomic mass is 19.1. The van der Waals surface area contributed by atoms with Crippen molar-refractivity contribution in [3.05, 3.63) is 76.5 Å². The molecule has 3 unspecified atom stereocenters. The first-order valence-electron chi connectivity index (χ1n) is 10.3. The Morgan fingerprint density at radius 3 is 2.53 bits per heavy atom. The molecule has 1 aromatic heterocycles. The number of allylic oxidation sites excluding steroid dienone is 3. The fourth-order valence-corrected chi connectivity index (χ4v) is 4.99. The Labute approximate surface area is 176 Å². The Hall–Kier alpha value is -2.76. The summed E-state index contributed by atoms with van der Waals surface area (Å²) in [5.41, 5.74) is 15.5. The van der Waals surface area contributed by atoms with E-state index in [2.05, 4.69) is 23.8 Å². The van der Waals surface area contributed by atoms with Gasteiger partial charge >= 0.3 is 0 Å². The molecule has 3 atom stereocenters. The van der Waals surface area contributed by atoms with Crippen molar-refractivity contribution >= 4 is 5.70 Å². The predicted octanol–water partition coefficient (Wildman–Crippen LogP) is 4.96. The van der Waals surface area contributed by atoms with Gasteiger partial charge in [0.05, 0.1) is 11.3 Å². The van der Waals surface area contributed by atoms with Gasteiger partial charge in [0, 0.05) is 23.5 Å². The minimum atomic E-state index is -0.682. The van der Waals surface area contributed by atoms with E-state index in [1.165, 1.54) is 18.2 Å². The van der Waals surface area contributed by atoms with Gasteiger partial charge in [0.15, 0.2) is 0 Å². The molecule has 0 saturated heterocycles. The standard InChI is InChI=1S/C24H28F2N4/c1-14-29-10-8-20(30-14)16-12-24(3)13-23(24,2)9-7-15(22(16)28)11-19(27)21-17(25)5-4-6-18(21)26/h4-6,8,10-11,16H,7,9,12-13,27-28H2,1-3H3/b19-11-,22-15-. The Balaban J connectivity index is 1.81. The zero-order valence-electron chi connectivity index (χ0n) is 17.7. The first-order chi connectivity index (χ1) is 14.1. The lowest BCUT2D eigenvalue weighted by molar-refractivity contribution is 0.320. The van der Waals surface area contributed by atoms with Gasteiger partial charge in [-0.15, -0.1) is 0 Å². The van der Waals surface area contributed by atoms with E-state index in [9.17, 15) is 8.78 Å². The second-order valence-electron chi connectivity index (χ2n) is 9.26. The van der Waals surface area contributed by atoms with Crippen LogP contribution in [-0.2, 0) is 0 Å². The number of halogens is 2. The number of benzene rings is 1. The Kier molecular flexibility index (Phi) is 4.91. The number of nitrogens with zero attached hydrogens (tertiary/aromatic N) is 2. The average molecular weight is 411 g/mol. The fourth-order valence-electron chi connectivity index (χ4n) is 4.99. The monoisotopic (exact) mass is 410 g/mol. The van der Waals surface area contributed by atoms with Crippen molar-refractivity contribution in [2.75, 3.05) is 0 Å². The van der Waals surface area contributed by atoms with E-state index in [1.54, 1.807) is 12.3 Å². The smallest absolute Gasteiger partial charge is 0.135 e. The topological polar surface area (TPSA) is 77.8 Å². The first-order valence-corrected chi connectivity index (χ1v) is 10.3. The van der Waals surface area contributed by atoms with E-state index >= 15 is 0 Å². The van der Waals surface area contributed by atoms with Crippen molar-refractivity contribution in [1.29, 1.82) is 0 Å². The molecule has 2 aliphatic carbocycles. The first kappa shape index (κ1) is 20.5. The molecule has 1 aromatic carbocycles. The lowest BCUT2D eigenvalue weighted by Crippen LogP contribution is -2.23. The van der Waals surface area contributed by atoms with Crippen LogP contribution in [0.4, 0.5) is 8.78 Å². The molecule has 0 spiro atoms. The molecule has 0 aliphatic heterocycles. The molecule has 0 radical (unpaired) electrons. The van der Waals surface area contributed by atoms with Crippen molar-refractivity contribution in [2.24, 2.45) is 22.3 Å². The molecule has 4 rings (SSSR count). The summed E-state index contributed by atoms with van der Waals surface area (Å²) in [6.45, 7) is 6.47. The molecule has 0 bridgehead atoms. The molecule has 1 heterocycles. The van der Waals surface area contributed by atoms with E-state index in [-0.39, 0.29) is 28.0 Å². The summed E-state index contributed by atoms with van der Waals surface area (Å²) in [6, 6.07) is 5.64. The molecule has 0 amide bonds. The summed E-state index contributed by atoms with van der Waals surface area (Å²) in [5.74, 6) is -0.767. The molecule has 30 heavy (non-hydrogen) atoms. The van der Waals surface area contributed by atoms with Gasteiger partial charge in [0.25, 0.3) is 0 Å². The van der Waals surface area contributed by atoms with Gasteiger partial charge in [-0.3, -0.25) is 0 Å². The number of aryl methyl sites for hydroxylation is 1. The third-order valence-corrected chi connectivity index (χ3v) is 7.20. The van der Waals surface area contributed by atoms with Gasteiger partial charge in [-0.05, 0) is 73.3 Å². The number of nitrogens with two attached hydrogens (primary N) is 2. The molecule has 2 aromatic rings. The predicted molar refractivity (Wildman–Crippen MR) is 114 cm³/mol. The summed E-state index contributed by atoms with van der Waals surface area (Å²) < 4.78 is 28.5. The van der Waals surface area contributed by atoms with Gasteiger partial charge in [-0.1, -0.05) is 19.9 Å². The average Bonchev–Trinajstić information content (AvgIpc) is 3.21. The Morgan fingerprint density at radius 1 is 1.17 bits per heavy atom. The number of hydrogen-bond donors (Lipinski definition) is 2. The van der Waals surface area contributed by atoms with E-state index in [1.807, 2.05) is 13.0 Å². The van der Waals surface area contributed by atoms with Crippen LogP contribution in [0.25, 0.3) is 5.70 Å². The molecular weight excluding hydrogens is 382 g/mol. The third kappa shape index (κ3) is 3.48. The molecule has 2 aliphatic rings. The van der Waals surface area contributed by atoms with Crippen molar-refractivity contribution in [1.82, 2.24) is 9.97 Å². The highest BCUT2D eigenvalue weighted by molar-refractivity contribution is 5.67. The maximum Gasteiger partial charge on any atom is 0.135 e. The zero-order chi connectivity index (χ0) is 21.7. The molecule has 1 fully saturated rings. The van der Waals surface area contributed by atoms with E-state index in [4.69, 9.17) is 11.5 Å². The van der Waals surface area contributed by atoms with Crippen LogP contribution in [0.2, 0.25) is 0 Å². The Bertz CT molecular complexity index is 1040. The lowest BCUT2D eigenvalue weighted by atomic mass is 9.77. The van der Waals surface area contributed by atoms with E-state index in [0.717, 1.165) is 30.5 Å². The molecule has 4 N–H and O–H groups in total.